The minimum absolute atomic E-state index is 0.130. The number of hydrogen-bond acceptors (Lipinski definition) is 9. The number of nitrogens with two attached hydrogens (primary N) is 1. The lowest BCUT2D eigenvalue weighted by Crippen LogP contribution is -2.46. The number of primary amides is 1. The van der Waals surface area contributed by atoms with Gasteiger partial charge in [0.1, 0.15) is 16.4 Å². The third kappa shape index (κ3) is 4.74. The molecule has 4 heterocycles. The Bertz CT molecular complexity index is 1180. The van der Waals surface area contributed by atoms with E-state index in [1.54, 1.807) is 23.6 Å². The molecule has 6 rings (SSSR count). The SMILES string of the molecule is NC(=O)C[C@H]1CCc2sc3nc(Nc4ccno4)cc(OC4CCC(N5CCOCC5)CC4)c3c21. The van der Waals surface area contributed by atoms with Crippen LogP contribution >= 0.6 is 11.3 Å². The van der Waals surface area contributed by atoms with Crippen LogP contribution in [-0.2, 0) is 16.0 Å². The first-order chi connectivity index (χ1) is 17.1. The molecule has 0 spiro atoms. The summed E-state index contributed by atoms with van der Waals surface area (Å²) in [6.07, 6.45) is 8.32. The molecule has 3 aromatic heterocycles. The summed E-state index contributed by atoms with van der Waals surface area (Å²) in [5, 5.41) is 8.02. The van der Waals surface area contributed by atoms with Crippen molar-refractivity contribution in [1.29, 1.82) is 0 Å². The van der Waals surface area contributed by atoms with Gasteiger partial charge in [-0.3, -0.25) is 9.69 Å². The first kappa shape index (κ1) is 22.8. The third-order valence-corrected chi connectivity index (χ3v) is 8.66. The molecule has 1 aliphatic heterocycles. The number of carbonyl (C=O) groups excluding carboxylic acids is 1. The zero-order valence-electron chi connectivity index (χ0n) is 19.7. The summed E-state index contributed by atoms with van der Waals surface area (Å²) < 4.78 is 17.5. The maximum absolute atomic E-state index is 11.8. The normalized spacial score (nSPS) is 25.0. The minimum atomic E-state index is -0.261. The number of pyridine rings is 1. The van der Waals surface area contributed by atoms with Gasteiger partial charge in [-0.25, -0.2) is 4.98 Å². The Morgan fingerprint density at radius 2 is 2.06 bits per heavy atom. The maximum Gasteiger partial charge on any atom is 0.230 e. The summed E-state index contributed by atoms with van der Waals surface area (Å²) in [5.74, 6) is 1.90. The smallest absolute Gasteiger partial charge is 0.230 e. The number of nitrogens with zero attached hydrogens (tertiary/aromatic N) is 3. The fraction of sp³-hybridized carbons (Fsp3) is 0.560. The lowest BCUT2D eigenvalue weighted by atomic mass is 9.91. The van der Waals surface area contributed by atoms with Crippen LogP contribution in [0.15, 0.2) is 22.9 Å². The van der Waals surface area contributed by atoms with E-state index >= 15 is 0 Å². The Hall–Kier alpha value is -2.69. The summed E-state index contributed by atoms with van der Waals surface area (Å²) in [5.41, 5.74) is 6.79. The fourth-order valence-electron chi connectivity index (χ4n) is 5.86. The van der Waals surface area contributed by atoms with Gasteiger partial charge in [-0.1, -0.05) is 5.16 Å². The lowest BCUT2D eigenvalue weighted by Gasteiger charge is -2.38. The highest BCUT2D eigenvalue weighted by Crippen LogP contribution is 2.49. The molecule has 10 heteroatoms. The molecule has 0 radical (unpaired) electrons. The van der Waals surface area contributed by atoms with E-state index in [1.807, 2.05) is 6.07 Å². The van der Waals surface area contributed by atoms with Crippen molar-refractivity contribution in [2.75, 3.05) is 31.6 Å². The largest absolute Gasteiger partial charge is 0.490 e. The number of anilines is 2. The van der Waals surface area contributed by atoms with Crippen LogP contribution < -0.4 is 15.8 Å². The monoisotopic (exact) mass is 497 g/mol. The summed E-state index contributed by atoms with van der Waals surface area (Å²) in [4.78, 5) is 21.4. The number of aryl methyl sites for hydroxylation is 1. The van der Waals surface area contributed by atoms with Gasteiger partial charge in [-0.2, -0.15) is 0 Å². The second kappa shape index (κ2) is 9.75. The highest BCUT2D eigenvalue weighted by atomic mass is 32.1. The zero-order chi connectivity index (χ0) is 23.8. The molecule has 1 atom stereocenters. The molecule has 3 aromatic rings. The van der Waals surface area contributed by atoms with E-state index in [9.17, 15) is 4.79 Å². The molecule has 3 N–H and O–H groups in total. The standard InChI is InChI=1S/C25H31N5O4S/c26-20(31)13-15-1-6-19-23(15)24-18(14-21(29-25(24)35-19)28-22-7-8-27-34-22)33-17-4-2-16(3-5-17)30-9-11-32-12-10-30/h7-8,14-17H,1-6,9-13H2,(H2,26,31)(H,28,29)/t15-,16?,17?/m1/s1. The molecule has 0 bridgehead atoms. The van der Waals surface area contributed by atoms with Crippen molar-refractivity contribution < 1.29 is 18.8 Å². The Balaban J connectivity index is 1.28. The number of nitrogens with one attached hydrogen (secondary N) is 1. The van der Waals surface area contributed by atoms with E-state index in [-0.39, 0.29) is 17.9 Å². The molecule has 1 saturated carbocycles. The van der Waals surface area contributed by atoms with E-state index in [0.717, 1.165) is 80.8 Å². The number of thiophene rings is 1. The number of ether oxygens (including phenoxy) is 2. The summed E-state index contributed by atoms with van der Waals surface area (Å²) >= 11 is 1.69. The number of morpholine rings is 1. The number of aromatic nitrogens is 2. The van der Waals surface area contributed by atoms with Crippen molar-refractivity contribution in [3.05, 3.63) is 28.8 Å². The van der Waals surface area contributed by atoms with Gasteiger partial charge in [0, 0.05) is 42.6 Å². The Labute approximate surface area is 207 Å². The van der Waals surface area contributed by atoms with Crippen LogP contribution in [-0.4, -0.2) is 59.4 Å². The van der Waals surface area contributed by atoms with Crippen LogP contribution in [0.25, 0.3) is 10.2 Å². The predicted octanol–water partition coefficient (Wildman–Crippen LogP) is 3.96. The van der Waals surface area contributed by atoms with E-state index in [2.05, 4.69) is 15.4 Å². The second-order valence-electron chi connectivity index (χ2n) is 9.73. The van der Waals surface area contributed by atoms with Gasteiger partial charge in [0.25, 0.3) is 0 Å². The highest BCUT2D eigenvalue weighted by molar-refractivity contribution is 7.19. The van der Waals surface area contributed by atoms with Gasteiger partial charge in [0.05, 0.1) is 30.9 Å². The van der Waals surface area contributed by atoms with Crippen LogP contribution in [0.2, 0.25) is 0 Å². The predicted molar refractivity (Wildman–Crippen MR) is 133 cm³/mol. The topological polar surface area (TPSA) is 116 Å². The molecule has 1 amide bonds. The van der Waals surface area contributed by atoms with Gasteiger partial charge in [0.15, 0.2) is 0 Å². The quantitative estimate of drug-likeness (QED) is 0.504. The van der Waals surface area contributed by atoms with Crippen molar-refractivity contribution in [3.63, 3.8) is 0 Å². The number of rotatable bonds is 7. The first-order valence-electron chi connectivity index (χ1n) is 12.5. The van der Waals surface area contributed by atoms with Crippen molar-refractivity contribution in [2.45, 2.75) is 63.0 Å². The zero-order valence-corrected chi connectivity index (χ0v) is 20.5. The molecular weight excluding hydrogens is 466 g/mol. The van der Waals surface area contributed by atoms with Crippen molar-refractivity contribution in [3.8, 4) is 5.75 Å². The summed E-state index contributed by atoms with van der Waals surface area (Å²) in [6.45, 7) is 3.73. The average molecular weight is 498 g/mol. The van der Waals surface area contributed by atoms with Gasteiger partial charge in [-0.15, -0.1) is 11.3 Å². The molecule has 0 aromatic carbocycles. The molecule has 0 unspecified atom stereocenters. The molecule has 1 saturated heterocycles. The molecule has 3 aliphatic rings. The number of hydrogen-bond donors (Lipinski definition) is 2. The van der Waals surface area contributed by atoms with E-state index in [4.69, 9.17) is 24.7 Å². The van der Waals surface area contributed by atoms with Gasteiger partial charge in [-0.05, 0) is 50.0 Å². The Morgan fingerprint density at radius 3 is 2.80 bits per heavy atom. The van der Waals surface area contributed by atoms with Gasteiger partial charge < -0.3 is 25.0 Å². The second-order valence-corrected chi connectivity index (χ2v) is 10.8. The Morgan fingerprint density at radius 1 is 1.23 bits per heavy atom. The van der Waals surface area contributed by atoms with Crippen LogP contribution in [0.5, 0.6) is 5.75 Å². The van der Waals surface area contributed by atoms with E-state index < -0.39 is 0 Å². The molecule has 9 nitrogen and oxygen atoms in total. The number of amides is 1. The van der Waals surface area contributed by atoms with Crippen LogP contribution in [0.4, 0.5) is 11.7 Å². The molecule has 2 fully saturated rings. The Kier molecular flexibility index (Phi) is 6.34. The molecule has 2 aliphatic carbocycles. The molecular formula is C25H31N5O4S. The van der Waals surface area contributed by atoms with Crippen molar-refractivity contribution in [1.82, 2.24) is 15.0 Å². The maximum atomic E-state index is 11.8. The average Bonchev–Trinajstić information content (AvgIpc) is 3.58. The molecule has 35 heavy (non-hydrogen) atoms. The van der Waals surface area contributed by atoms with Gasteiger partial charge in [0.2, 0.25) is 11.8 Å². The van der Waals surface area contributed by atoms with Crippen LogP contribution in [0.3, 0.4) is 0 Å². The lowest BCUT2D eigenvalue weighted by molar-refractivity contribution is -0.118. The van der Waals surface area contributed by atoms with Crippen LogP contribution in [0, 0.1) is 0 Å². The summed E-state index contributed by atoms with van der Waals surface area (Å²) in [6, 6.07) is 4.34. The highest BCUT2D eigenvalue weighted by Gasteiger charge is 2.33. The number of carbonyl (C=O) groups is 1. The van der Waals surface area contributed by atoms with E-state index in [0.29, 0.717) is 24.2 Å². The third-order valence-electron chi connectivity index (χ3n) is 7.50. The van der Waals surface area contributed by atoms with Crippen molar-refractivity contribution in [2.24, 2.45) is 5.73 Å². The van der Waals surface area contributed by atoms with Gasteiger partial charge >= 0.3 is 0 Å². The van der Waals surface area contributed by atoms with Crippen LogP contribution in [0.1, 0.15) is 54.9 Å². The first-order valence-corrected chi connectivity index (χ1v) is 13.4. The van der Waals surface area contributed by atoms with Crippen molar-refractivity contribution >= 4 is 39.2 Å². The van der Waals surface area contributed by atoms with E-state index in [1.165, 1.54) is 10.4 Å². The minimum Gasteiger partial charge on any atom is -0.490 e. The summed E-state index contributed by atoms with van der Waals surface area (Å²) in [7, 11) is 0. The fourth-order valence-corrected chi connectivity index (χ4v) is 7.15. The molecule has 186 valence electrons. The number of fused-ring (bicyclic) bond motifs is 3.